The minimum absolute atomic E-state index is 0.254. The topological polar surface area (TPSA) is 12.9 Å². The molecule has 0 aliphatic heterocycles. The highest BCUT2D eigenvalue weighted by Crippen LogP contribution is 2.42. The SMILES string of the molecule is FC(F)(F)c1ccc(I)c(C2CC2)n1. The van der Waals surface area contributed by atoms with E-state index in [2.05, 4.69) is 4.98 Å². The van der Waals surface area contributed by atoms with Gasteiger partial charge in [-0.05, 0) is 47.6 Å². The van der Waals surface area contributed by atoms with Gasteiger partial charge < -0.3 is 0 Å². The molecule has 14 heavy (non-hydrogen) atoms. The van der Waals surface area contributed by atoms with Crippen LogP contribution in [-0.4, -0.2) is 4.98 Å². The predicted octanol–water partition coefficient (Wildman–Crippen LogP) is 3.58. The molecule has 0 radical (unpaired) electrons. The summed E-state index contributed by atoms with van der Waals surface area (Å²) in [6.45, 7) is 0. The summed E-state index contributed by atoms with van der Waals surface area (Å²) in [6.07, 6.45) is -2.40. The Kier molecular flexibility index (Phi) is 2.45. The third kappa shape index (κ3) is 2.02. The normalized spacial score (nSPS) is 17.1. The first-order valence-electron chi connectivity index (χ1n) is 4.22. The monoisotopic (exact) mass is 313 g/mol. The second-order valence-electron chi connectivity index (χ2n) is 3.34. The highest BCUT2D eigenvalue weighted by atomic mass is 127. The molecule has 1 saturated carbocycles. The Labute approximate surface area is 92.9 Å². The molecule has 1 fully saturated rings. The molecule has 1 heterocycles. The molecule has 1 aromatic heterocycles. The second-order valence-corrected chi connectivity index (χ2v) is 4.50. The number of halogens is 4. The van der Waals surface area contributed by atoms with E-state index in [4.69, 9.17) is 0 Å². The molecule has 0 unspecified atom stereocenters. The second kappa shape index (κ2) is 3.36. The lowest BCUT2D eigenvalue weighted by Gasteiger charge is -2.08. The van der Waals surface area contributed by atoms with E-state index in [9.17, 15) is 13.2 Å². The van der Waals surface area contributed by atoms with Gasteiger partial charge in [0.15, 0.2) is 0 Å². The van der Waals surface area contributed by atoms with Crippen molar-refractivity contribution in [1.29, 1.82) is 0 Å². The fourth-order valence-electron chi connectivity index (χ4n) is 1.26. The lowest BCUT2D eigenvalue weighted by molar-refractivity contribution is -0.141. The minimum atomic E-state index is -4.33. The smallest absolute Gasteiger partial charge is 0.247 e. The fraction of sp³-hybridized carbons (Fsp3) is 0.444. The molecule has 0 N–H and O–H groups in total. The van der Waals surface area contributed by atoms with Gasteiger partial charge in [-0.15, -0.1) is 0 Å². The molecular weight excluding hydrogens is 306 g/mol. The number of hydrogen-bond donors (Lipinski definition) is 0. The molecule has 2 rings (SSSR count). The zero-order chi connectivity index (χ0) is 10.3. The number of pyridine rings is 1. The van der Waals surface area contributed by atoms with E-state index in [-0.39, 0.29) is 5.92 Å². The number of aromatic nitrogens is 1. The number of alkyl halides is 3. The summed E-state index contributed by atoms with van der Waals surface area (Å²) >= 11 is 2.03. The average Bonchev–Trinajstić information content (AvgIpc) is 2.85. The lowest BCUT2D eigenvalue weighted by Crippen LogP contribution is -2.09. The van der Waals surface area contributed by atoms with E-state index in [0.29, 0.717) is 5.69 Å². The quantitative estimate of drug-likeness (QED) is 0.722. The molecule has 0 aromatic carbocycles. The van der Waals surface area contributed by atoms with Gasteiger partial charge in [0.05, 0.1) is 5.69 Å². The minimum Gasteiger partial charge on any atom is -0.247 e. The Hall–Kier alpha value is -0.330. The third-order valence-corrected chi connectivity index (χ3v) is 3.04. The van der Waals surface area contributed by atoms with Crippen LogP contribution < -0.4 is 0 Å². The average molecular weight is 313 g/mol. The van der Waals surface area contributed by atoms with E-state index >= 15 is 0 Å². The lowest BCUT2D eigenvalue weighted by atomic mass is 10.2. The molecule has 1 nitrogen and oxygen atoms in total. The van der Waals surface area contributed by atoms with Crippen LogP contribution in [0.3, 0.4) is 0 Å². The van der Waals surface area contributed by atoms with Crippen molar-refractivity contribution in [2.75, 3.05) is 0 Å². The summed E-state index contributed by atoms with van der Waals surface area (Å²) in [7, 11) is 0. The van der Waals surface area contributed by atoms with Gasteiger partial charge in [0.25, 0.3) is 0 Å². The van der Waals surface area contributed by atoms with Crippen LogP contribution in [0.15, 0.2) is 12.1 Å². The van der Waals surface area contributed by atoms with Crippen molar-refractivity contribution in [2.45, 2.75) is 24.9 Å². The van der Waals surface area contributed by atoms with Crippen LogP contribution in [0, 0.1) is 3.57 Å². The van der Waals surface area contributed by atoms with Gasteiger partial charge in [-0.25, -0.2) is 4.98 Å². The third-order valence-electron chi connectivity index (χ3n) is 2.13. The number of nitrogens with zero attached hydrogens (tertiary/aromatic N) is 1. The summed E-state index contributed by atoms with van der Waals surface area (Å²) in [5.41, 5.74) is -0.166. The van der Waals surface area contributed by atoms with Crippen LogP contribution in [0.1, 0.15) is 30.1 Å². The Morgan fingerprint density at radius 3 is 2.43 bits per heavy atom. The molecule has 76 valence electrons. The van der Waals surface area contributed by atoms with Crippen LogP contribution in [0.5, 0.6) is 0 Å². The van der Waals surface area contributed by atoms with Crippen molar-refractivity contribution in [3.05, 3.63) is 27.1 Å². The molecule has 0 atom stereocenters. The van der Waals surface area contributed by atoms with Crippen molar-refractivity contribution in [1.82, 2.24) is 4.98 Å². The maximum Gasteiger partial charge on any atom is 0.433 e. The molecule has 1 aromatic rings. The highest BCUT2D eigenvalue weighted by molar-refractivity contribution is 14.1. The van der Waals surface area contributed by atoms with E-state index < -0.39 is 11.9 Å². The molecule has 0 amide bonds. The van der Waals surface area contributed by atoms with E-state index in [1.165, 1.54) is 6.07 Å². The summed E-state index contributed by atoms with van der Waals surface area (Å²) in [5, 5.41) is 0. The van der Waals surface area contributed by atoms with Crippen molar-refractivity contribution >= 4 is 22.6 Å². The first kappa shape index (κ1) is 10.2. The summed E-state index contributed by atoms with van der Waals surface area (Å²) in [4.78, 5) is 3.67. The zero-order valence-electron chi connectivity index (χ0n) is 7.11. The van der Waals surface area contributed by atoms with Gasteiger partial charge in [0.1, 0.15) is 5.69 Å². The van der Waals surface area contributed by atoms with Crippen molar-refractivity contribution in [3.8, 4) is 0 Å². The van der Waals surface area contributed by atoms with Crippen LogP contribution >= 0.6 is 22.6 Å². The van der Waals surface area contributed by atoms with Crippen LogP contribution in [-0.2, 0) is 6.18 Å². The molecule has 0 bridgehead atoms. The van der Waals surface area contributed by atoms with Gasteiger partial charge in [-0.1, -0.05) is 0 Å². The van der Waals surface area contributed by atoms with Crippen LogP contribution in [0.25, 0.3) is 0 Å². The Balaban J connectivity index is 2.40. The largest absolute Gasteiger partial charge is 0.433 e. The molecular formula is C9H7F3IN. The Bertz CT molecular complexity index is 358. The van der Waals surface area contributed by atoms with Crippen molar-refractivity contribution in [3.63, 3.8) is 0 Å². The maximum atomic E-state index is 12.3. The van der Waals surface area contributed by atoms with Crippen LogP contribution in [0.4, 0.5) is 13.2 Å². The standard InChI is InChI=1S/C9H7F3IN/c10-9(11,12)7-4-3-6(13)8(14-7)5-1-2-5/h3-5H,1-2H2. The maximum absolute atomic E-state index is 12.3. The van der Waals surface area contributed by atoms with Gasteiger partial charge in [0, 0.05) is 9.49 Å². The first-order chi connectivity index (χ1) is 6.48. The Morgan fingerprint density at radius 2 is 1.93 bits per heavy atom. The van der Waals surface area contributed by atoms with E-state index in [1.54, 1.807) is 0 Å². The Morgan fingerprint density at radius 1 is 1.29 bits per heavy atom. The molecule has 1 aliphatic rings. The van der Waals surface area contributed by atoms with Crippen molar-refractivity contribution in [2.24, 2.45) is 0 Å². The van der Waals surface area contributed by atoms with Gasteiger partial charge >= 0.3 is 6.18 Å². The van der Waals surface area contributed by atoms with Crippen molar-refractivity contribution < 1.29 is 13.2 Å². The summed E-state index contributed by atoms with van der Waals surface area (Å²) in [6, 6.07) is 2.53. The summed E-state index contributed by atoms with van der Waals surface area (Å²) < 4.78 is 37.8. The molecule has 0 spiro atoms. The van der Waals surface area contributed by atoms with Gasteiger partial charge in [0.2, 0.25) is 0 Å². The molecule has 1 aliphatic carbocycles. The number of hydrogen-bond acceptors (Lipinski definition) is 1. The van der Waals surface area contributed by atoms with Gasteiger partial charge in [-0.3, -0.25) is 0 Å². The number of rotatable bonds is 1. The fourth-order valence-corrected chi connectivity index (χ4v) is 2.00. The highest BCUT2D eigenvalue weighted by Gasteiger charge is 2.35. The molecule has 0 saturated heterocycles. The molecule has 5 heteroatoms. The van der Waals surface area contributed by atoms with E-state index in [0.717, 1.165) is 22.5 Å². The van der Waals surface area contributed by atoms with E-state index in [1.807, 2.05) is 22.6 Å². The zero-order valence-corrected chi connectivity index (χ0v) is 9.26. The van der Waals surface area contributed by atoms with Crippen LogP contribution in [0.2, 0.25) is 0 Å². The summed E-state index contributed by atoms with van der Waals surface area (Å²) in [5.74, 6) is 0.254. The first-order valence-corrected chi connectivity index (χ1v) is 5.30. The van der Waals surface area contributed by atoms with Gasteiger partial charge in [-0.2, -0.15) is 13.2 Å². The predicted molar refractivity (Wildman–Crippen MR) is 53.9 cm³/mol.